The van der Waals surface area contributed by atoms with Crippen molar-refractivity contribution in [3.8, 4) is 0 Å². The van der Waals surface area contributed by atoms with Gasteiger partial charge in [-0.1, -0.05) is 0 Å². The second-order valence-corrected chi connectivity index (χ2v) is 6.72. The first-order chi connectivity index (χ1) is 10.1. The monoisotopic (exact) mass is 295 g/mol. The number of piperidine rings is 1. The molecule has 2 heterocycles. The Kier molecular flexibility index (Phi) is 4.33. The molecule has 6 nitrogen and oxygen atoms in total. The lowest BCUT2D eigenvalue weighted by atomic mass is 9.98. The van der Waals surface area contributed by atoms with Gasteiger partial charge in [0.05, 0.1) is 5.92 Å². The Labute approximate surface area is 125 Å². The molecule has 3 aliphatic rings. The van der Waals surface area contributed by atoms with Gasteiger partial charge in [-0.15, -0.1) is 0 Å². The van der Waals surface area contributed by atoms with Gasteiger partial charge in [0.2, 0.25) is 0 Å². The quantitative estimate of drug-likeness (QED) is 0.730. The minimum atomic E-state index is -0.742. The highest BCUT2D eigenvalue weighted by molar-refractivity contribution is 5.75. The van der Waals surface area contributed by atoms with Crippen molar-refractivity contribution in [1.29, 1.82) is 0 Å². The van der Waals surface area contributed by atoms with E-state index >= 15 is 0 Å². The lowest BCUT2D eigenvalue weighted by molar-refractivity contribution is -0.141. The van der Waals surface area contributed by atoms with Gasteiger partial charge in [-0.05, 0) is 51.5 Å². The Morgan fingerprint density at radius 3 is 2.43 bits per heavy atom. The van der Waals surface area contributed by atoms with Gasteiger partial charge in [0, 0.05) is 24.7 Å². The van der Waals surface area contributed by atoms with E-state index < -0.39 is 5.97 Å². The van der Waals surface area contributed by atoms with Crippen LogP contribution in [0.15, 0.2) is 0 Å². The molecule has 2 saturated heterocycles. The molecular weight excluding hydrogens is 270 g/mol. The van der Waals surface area contributed by atoms with Gasteiger partial charge in [-0.25, -0.2) is 4.79 Å². The molecule has 3 fully saturated rings. The maximum absolute atomic E-state index is 12.1. The molecule has 118 valence electrons. The number of hydrogen-bond acceptors (Lipinski definition) is 3. The molecule has 4 unspecified atom stereocenters. The van der Waals surface area contributed by atoms with Gasteiger partial charge in [-0.2, -0.15) is 0 Å². The molecule has 6 heteroatoms. The van der Waals surface area contributed by atoms with Crippen molar-refractivity contribution in [3.05, 3.63) is 0 Å². The van der Waals surface area contributed by atoms with E-state index in [2.05, 4.69) is 15.5 Å². The van der Waals surface area contributed by atoms with Gasteiger partial charge in [-0.3, -0.25) is 4.79 Å². The molecule has 0 spiro atoms. The molecule has 1 aliphatic carbocycles. The molecule has 3 rings (SSSR count). The predicted octanol–water partition coefficient (Wildman–Crippen LogP) is 1.17. The van der Waals surface area contributed by atoms with E-state index in [4.69, 9.17) is 5.11 Å². The van der Waals surface area contributed by atoms with Gasteiger partial charge >= 0.3 is 12.0 Å². The summed E-state index contributed by atoms with van der Waals surface area (Å²) >= 11 is 0. The summed E-state index contributed by atoms with van der Waals surface area (Å²) < 4.78 is 0. The highest BCUT2D eigenvalue weighted by Gasteiger charge is 2.33. The maximum Gasteiger partial charge on any atom is 0.315 e. The summed E-state index contributed by atoms with van der Waals surface area (Å²) in [6, 6.07) is 0.799. The predicted molar refractivity (Wildman–Crippen MR) is 78.0 cm³/mol. The van der Waals surface area contributed by atoms with E-state index in [0.29, 0.717) is 18.9 Å². The van der Waals surface area contributed by atoms with Crippen LogP contribution in [0.2, 0.25) is 0 Å². The zero-order valence-electron chi connectivity index (χ0n) is 12.4. The molecule has 0 aromatic heterocycles. The van der Waals surface area contributed by atoms with Crippen LogP contribution in [-0.2, 0) is 4.79 Å². The van der Waals surface area contributed by atoms with E-state index in [9.17, 15) is 9.59 Å². The molecule has 0 aromatic rings. The van der Waals surface area contributed by atoms with E-state index in [1.54, 1.807) is 0 Å². The first-order valence-corrected chi connectivity index (χ1v) is 8.15. The van der Waals surface area contributed by atoms with Crippen molar-refractivity contribution >= 4 is 12.0 Å². The number of rotatable bonds is 3. The van der Waals surface area contributed by atoms with Crippen LogP contribution in [-0.4, -0.2) is 53.2 Å². The average Bonchev–Trinajstić information content (AvgIpc) is 3.06. The number of carbonyl (C=O) groups is 2. The second kappa shape index (κ2) is 6.22. The van der Waals surface area contributed by atoms with E-state index in [1.165, 1.54) is 19.4 Å². The van der Waals surface area contributed by atoms with Crippen molar-refractivity contribution in [2.45, 2.75) is 63.1 Å². The first-order valence-electron chi connectivity index (χ1n) is 8.15. The fourth-order valence-corrected chi connectivity index (χ4v) is 4.10. The summed E-state index contributed by atoms with van der Waals surface area (Å²) in [6.45, 7) is 2.29. The number of nitrogens with one attached hydrogen (secondary N) is 2. The molecule has 0 aromatic carbocycles. The molecule has 0 bridgehead atoms. The molecule has 3 N–H and O–H groups in total. The van der Waals surface area contributed by atoms with Crippen LogP contribution < -0.4 is 10.6 Å². The van der Waals surface area contributed by atoms with Crippen molar-refractivity contribution in [3.63, 3.8) is 0 Å². The number of carboxylic acids is 1. The third-order valence-electron chi connectivity index (χ3n) is 5.27. The number of fused-ring (bicyclic) bond motifs is 1. The summed E-state index contributed by atoms with van der Waals surface area (Å²) in [4.78, 5) is 25.5. The number of urea groups is 1. The zero-order valence-corrected chi connectivity index (χ0v) is 12.4. The third-order valence-corrected chi connectivity index (χ3v) is 5.27. The van der Waals surface area contributed by atoms with Crippen LogP contribution >= 0.6 is 0 Å². The summed E-state index contributed by atoms with van der Waals surface area (Å²) in [5, 5.41) is 15.0. The zero-order chi connectivity index (χ0) is 14.8. The number of amides is 2. The van der Waals surface area contributed by atoms with Crippen LogP contribution in [0.25, 0.3) is 0 Å². The number of aliphatic carboxylic acids is 1. The number of carbonyl (C=O) groups excluding carboxylic acids is 1. The Morgan fingerprint density at radius 1 is 0.952 bits per heavy atom. The highest BCUT2D eigenvalue weighted by atomic mass is 16.4. The van der Waals surface area contributed by atoms with Crippen molar-refractivity contribution < 1.29 is 14.7 Å². The fourth-order valence-electron chi connectivity index (χ4n) is 4.10. The molecule has 2 amide bonds. The maximum atomic E-state index is 12.1. The second-order valence-electron chi connectivity index (χ2n) is 6.72. The van der Waals surface area contributed by atoms with E-state index in [1.807, 2.05) is 0 Å². The average molecular weight is 295 g/mol. The van der Waals surface area contributed by atoms with Crippen molar-refractivity contribution in [1.82, 2.24) is 15.5 Å². The molecular formula is C15H25N3O3. The number of carboxylic acid groups (broad SMARTS) is 1. The van der Waals surface area contributed by atoms with Crippen molar-refractivity contribution in [2.24, 2.45) is 5.92 Å². The van der Waals surface area contributed by atoms with Gasteiger partial charge in [0.15, 0.2) is 0 Å². The van der Waals surface area contributed by atoms with Crippen LogP contribution in [0.4, 0.5) is 4.79 Å². The molecule has 2 aliphatic heterocycles. The fraction of sp³-hybridized carbons (Fsp3) is 0.867. The summed E-state index contributed by atoms with van der Waals surface area (Å²) in [6.07, 6.45) is 6.60. The standard InChI is InChI=1S/C15H25N3O3/c19-14(20)10-3-4-11(8-10)16-15(21)17-12-5-7-18-6-1-2-13(18)9-12/h10-13H,1-9H2,(H,19,20)(H2,16,17,21). The Bertz CT molecular complexity index is 415. The Balaban J connectivity index is 1.41. The lowest BCUT2D eigenvalue weighted by Gasteiger charge is -2.35. The Morgan fingerprint density at radius 2 is 1.71 bits per heavy atom. The minimum Gasteiger partial charge on any atom is -0.481 e. The molecule has 21 heavy (non-hydrogen) atoms. The summed E-state index contributed by atoms with van der Waals surface area (Å²) in [5.74, 6) is -1.04. The van der Waals surface area contributed by atoms with Crippen LogP contribution in [0.5, 0.6) is 0 Å². The van der Waals surface area contributed by atoms with Gasteiger partial charge in [0.25, 0.3) is 0 Å². The van der Waals surface area contributed by atoms with Crippen LogP contribution in [0, 0.1) is 5.92 Å². The first kappa shape index (κ1) is 14.6. The normalized spacial score (nSPS) is 36.2. The topological polar surface area (TPSA) is 81.7 Å². The third kappa shape index (κ3) is 3.48. The van der Waals surface area contributed by atoms with Gasteiger partial charge in [0.1, 0.15) is 0 Å². The number of hydrogen-bond donors (Lipinski definition) is 3. The molecule has 4 atom stereocenters. The summed E-state index contributed by atoms with van der Waals surface area (Å²) in [5.41, 5.74) is 0. The minimum absolute atomic E-state index is 0.0117. The van der Waals surface area contributed by atoms with Crippen molar-refractivity contribution in [2.75, 3.05) is 13.1 Å². The van der Waals surface area contributed by atoms with E-state index in [-0.39, 0.29) is 24.0 Å². The van der Waals surface area contributed by atoms with E-state index in [0.717, 1.165) is 25.8 Å². The summed E-state index contributed by atoms with van der Waals surface area (Å²) in [7, 11) is 0. The number of nitrogens with zero attached hydrogens (tertiary/aromatic N) is 1. The Hall–Kier alpha value is -1.30. The van der Waals surface area contributed by atoms with Gasteiger partial charge < -0.3 is 20.6 Å². The molecule has 1 saturated carbocycles. The largest absolute Gasteiger partial charge is 0.481 e. The lowest BCUT2D eigenvalue weighted by Crippen LogP contribution is -2.51. The highest BCUT2D eigenvalue weighted by Crippen LogP contribution is 2.27. The van der Waals surface area contributed by atoms with Crippen LogP contribution in [0.1, 0.15) is 44.9 Å². The van der Waals surface area contributed by atoms with Crippen LogP contribution in [0.3, 0.4) is 0 Å². The SMILES string of the molecule is O=C(NC1CCC(C(=O)O)C1)NC1CCN2CCCC2C1. The molecule has 0 radical (unpaired) electrons. The smallest absolute Gasteiger partial charge is 0.315 e.